The molecule has 0 fully saturated rings. The van der Waals surface area contributed by atoms with Crippen molar-refractivity contribution in [3.8, 4) is 5.75 Å². The number of carbonyl (C=O) groups excluding carboxylic acids is 2. The number of nitrogens with one attached hydrogen (secondary N) is 1. The number of para-hydroxylation sites is 1. The topological polar surface area (TPSA) is 77.5 Å². The van der Waals surface area contributed by atoms with Crippen LogP contribution in [0.2, 0.25) is 5.02 Å². The van der Waals surface area contributed by atoms with Gasteiger partial charge in [0, 0.05) is 16.0 Å². The van der Waals surface area contributed by atoms with Crippen molar-refractivity contribution < 1.29 is 19.1 Å². The zero-order chi connectivity index (χ0) is 26.2. The van der Waals surface area contributed by atoms with E-state index in [0.717, 1.165) is 22.2 Å². The number of carbonyl (C=O) groups is 2. The lowest BCUT2D eigenvalue weighted by atomic mass is 10.0. The third kappa shape index (κ3) is 6.96. The first-order valence-corrected chi connectivity index (χ1v) is 12.3. The van der Waals surface area contributed by atoms with Crippen LogP contribution in [-0.2, 0) is 20.9 Å². The molecule has 0 bridgehead atoms. The molecule has 4 rings (SSSR count). The molecule has 0 aliphatic heterocycles. The molecule has 1 aromatic heterocycles. The number of hydrogen-bond acceptors (Lipinski definition) is 5. The molecule has 0 saturated carbocycles. The molecular weight excluding hydrogens is 488 g/mol. The zero-order valence-corrected chi connectivity index (χ0v) is 21.4. The molecule has 1 N–H and O–H groups in total. The predicted molar refractivity (Wildman–Crippen MR) is 146 cm³/mol. The maximum atomic E-state index is 13.2. The molecule has 0 aliphatic rings. The molecule has 0 spiro atoms. The molecule has 7 heteroatoms. The van der Waals surface area contributed by atoms with Gasteiger partial charge in [-0.3, -0.25) is 4.79 Å². The van der Waals surface area contributed by atoms with Gasteiger partial charge in [0.1, 0.15) is 18.4 Å². The van der Waals surface area contributed by atoms with Crippen molar-refractivity contribution >= 4 is 46.0 Å². The lowest BCUT2D eigenvalue weighted by Gasteiger charge is -2.15. The van der Waals surface area contributed by atoms with E-state index in [1.54, 1.807) is 56.3 Å². The molecule has 1 atom stereocenters. The van der Waals surface area contributed by atoms with Crippen LogP contribution < -0.4 is 10.1 Å². The zero-order valence-electron chi connectivity index (χ0n) is 20.6. The minimum absolute atomic E-state index is 0.239. The van der Waals surface area contributed by atoms with Crippen LogP contribution in [0, 0.1) is 0 Å². The maximum absolute atomic E-state index is 13.2. The summed E-state index contributed by atoms with van der Waals surface area (Å²) in [5.74, 6) is -0.248. The van der Waals surface area contributed by atoms with Gasteiger partial charge in [-0.1, -0.05) is 60.1 Å². The summed E-state index contributed by atoms with van der Waals surface area (Å²) in [4.78, 5) is 29.9. The van der Waals surface area contributed by atoms with E-state index in [4.69, 9.17) is 21.1 Å². The highest BCUT2D eigenvalue weighted by Crippen LogP contribution is 2.23. The van der Waals surface area contributed by atoms with Crippen molar-refractivity contribution in [1.82, 2.24) is 10.3 Å². The summed E-state index contributed by atoms with van der Waals surface area (Å²) in [7, 11) is 0. The summed E-state index contributed by atoms with van der Waals surface area (Å²) in [6.45, 7) is 3.86. The fourth-order valence-corrected chi connectivity index (χ4v) is 3.81. The van der Waals surface area contributed by atoms with Crippen LogP contribution in [0.1, 0.15) is 30.7 Å². The summed E-state index contributed by atoms with van der Waals surface area (Å²) < 4.78 is 10.9. The van der Waals surface area contributed by atoms with E-state index in [9.17, 15) is 9.59 Å². The Labute approximate surface area is 220 Å². The Morgan fingerprint density at radius 2 is 1.70 bits per heavy atom. The number of rotatable bonds is 9. The third-order valence-corrected chi connectivity index (χ3v) is 5.87. The number of fused-ring (bicyclic) bond motifs is 1. The standard InChI is InChI=1S/C30H27ClN2O4/c1-3-36-30(35)20(2)32-29(34)27(18-21-8-13-24(31)14-9-21)22-11-16-26(17-12-22)37-19-25-15-10-23-6-4-5-7-28(23)33-25/h4-18,20H,3,19H2,1-2H3,(H,32,34)/b27-18+. The fourth-order valence-electron chi connectivity index (χ4n) is 3.68. The molecule has 6 nitrogen and oxygen atoms in total. The van der Waals surface area contributed by atoms with Gasteiger partial charge in [0.05, 0.1) is 17.8 Å². The highest BCUT2D eigenvalue weighted by molar-refractivity contribution is 6.30. The molecule has 188 valence electrons. The predicted octanol–water partition coefficient (Wildman–Crippen LogP) is 6.08. The highest BCUT2D eigenvalue weighted by atomic mass is 35.5. The Kier molecular flexibility index (Phi) is 8.54. The number of pyridine rings is 1. The monoisotopic (exact) mass is 514 g/mol. The van der Waals surface area contributed by atoms with Crippen LogP contribution in [0.15, 0.2) is 84.9 Å². The summed E-state index contributed by atoms with van der Waals surface area (Å²) >= 11 is 6.01. The van der Waals surface area contributed by atoms with Crippen LogP contribution in [0.5, 0.6) is 5.75 Å². The van der Waals surface area contributed by atoms with Gasteiger partial charge in [0.25, 0.3) is 5.91 Å². The smallest absolute Gasteiger partial charge is 0.328 e. The Hall–Kier alpha value is -4.16. The Bertz CT molecular complexity index is 1420. The third-order valence-electron chi connectivity index (χ3n) is 5.62. The Morgan fingerprint density at radius 3 is 2.43 bits per heavy atom. The first kappa shape index (κ1) is 25.9. The summed E-state index contributed by atoms with van der Waals surface area (Å²) in [6.07, 6.45) is 1.75. The number of halogens is 1. The Morgan fingerprint density at radius 1 is 0.973 bits per heavy atom. The van der Waals surface area contributed by atoms with Gasteiger partial charge >= 0.3 is 5.97 Å². The molecule has 37 heavy (non-hydrogen) atoms. The van der Waals surface area contributed by atoms with E-state index in [2.05, 4.69) is 10.3 Å². The maximum Gasteiger partial charge on any atom is 0.328 e. The summed E-state index contributed by atoms with van der Waals surface area (Å²) in [6, 6.07) is 25.4. The minimum atomic E-state index is -0.793. The average molecular weight is 515 g/mol. The minimum Gasteiger partial charge on any atom is -0.487 e. The van der Waals surface area contributed by atoms with Gasteiger partial charge in [-0.25, -0.2) is 9.78 Å². The van der Waals surface area contributed by atoms with Crippen molar-refractivity contribution in [2.24, 2.45) is 0 Å². The number of aromatic nitrogens is 1. The van der Waals surface area contributed by atoms with Gasteiger partial charge in [-0.2, -0.15) is 0 Å². The fraction of sp³-hybridized carbons (Fsp3) is 0.167. The number of esters is 1. The van der Waals surface area contributed by atoms with Crippen molar-refractivity contribution in [3.63, 3.8) is 0 Å². The first-order chi connectivity index (χ1) is 17.9. The molecule has 1 amide bonds. The van der Waals surface area contributed by atoms with Gasteiger partial charge < -0.3 is 14.8 Å². The first-order valence-electron chi connectivity index (χ1n) is 12.0. The SMILES string of the molecule is CCOC(=O)C(C)NC(=O)/C(=C/c1ccc(Cl)cc1)c1ccc(OCc2ccc3ccccc3n2)cc1. The van der Waals surface area contributed by atoms with Gasteiger partial charge in [-0.15, -0.1) is 0 Å². The van der Waals surface area contributed by atoms with Gasteiger partial charge in [0.2, 0.25) is 0 Å². The molecule has 0 aliphatic carbocycles. The average Bonchev–Trinajstić information content (AvgIpc) is 2.92. The van der Waals surface area contributed by atoms with Crippen molar-refractivity contribution in [1.29, 1.82) is 0 Å². The van der Waals surface area contributed by atoms with Crippen molar-refractivity contribution in [3.05, 3.63) is 107 Å². The van der Waals surface area contributed by atoms with E-state index in [-0.39, 0.29) is 6.61 Å². The second-order valence-corrected chi connectivity index (χ2v) is 8.80. The lowest BCUT2D eigenvalue weighted by Crippen LogP contribution is -2.39. The van der Waals surface area contributed by atoms with E-state index >= 15 is 0 Å². The normalized spacial score (nSPS) is 12.1. The van der Waals surface area contributed by atoms with Crippen LogP contribution in [0.3, 0.4) is 0 Å². The number of benzene rings is 3. The lowest BCUT2D eigenvalue weighted by molar-refractivity contribution is -0.146. The molecule has 4 aromatic rings. The Balaban J connectivity index is 1.52. The van der Waals surface area contributed by atoms with Crippen molar-refractivity contribution in [2.75, 3.05) is 6.61 Å². The van der Waals surface area contributed by atoms with Crippen LogP contribution in [-0.4, -0.2) is 29.5 Å². The molecule has 1 unspecified atom stereocenters. The van der Waals surface area contributed by atoms with E-state index in [1.807, 2.05) is 48.5 Å². The van der Waals surface area contributed by atoms with Crippen LogP contribution >= 0.6 is 11.6 Å². The van der Waals surface area contributed by atoms with E-state index in [1.165, 1.54) is 0 Å². The van der Waals surface area contributed by atoms with Crippen LogP contribution in [0.4, 0.5) is 0 Å². The number of ether oxygens (including phenoxy) is 2. The molecule has 1 heterocycles. The quantitative estimate of drug-likeness (QED) is 0.166. The van der Waals surface area contributed by atoms with Crippen LogP contribution in [0.25, 0.3) is 22.6 Å². The van der Waals surface area contributed by atoms with Crippen molar-refractivity contribution in [2.45, 2.75) is 26.5 Å². The second kappa shape index (κ2) is 12.2. The molecule has 3 aromatic carbocycles. The van der Waals surface area contributed by atoms with Gasteiger partial charge in [0.15, 0.2) is 0 Å². The van der Waals surface area contributed by atoms with E-state index in [0.29, 0.717) is 28.5 Å². The molecule has 0 radical (unpaired) electrons. The summed E-state index contributed by atoms with van der Waals surface area (Å²) in [5.41, 5.74) is 3.58. The molecular formula is C30H27ClN2O4. The highest BCUT2D eigenvalue weighted by Gasteiger charge is 2.20. The number of nitrogens with zero attached hydrogens (tertiary/aromatic N) is 1. The largest absolute Gasteiger partial charge is 0.487 e. The number of amides is 1. The van der Waals surface area contributed by atoms with E-state index < -0.39 is 17.9 Å². The summed E-state index contributed by atoms with van der Waals surface area (Å²) in [5, 5.41) is 4.40. The second-order valence-electron chi connectivity index (χ2n) is 8.37. The van der Waals surface area contributed by atoms with Gasteiger partial charge in [-0.05, 0) is 67.4 Å². The molecule has 0 saturated heterocycles. The number of hydrogen-bond donors (Lipinski definition) is 1.